The molecule has 0 radical (unpaired) electrons. The zero-order chi connectivity index (χ0) is 10.8. The summed E-state index contributed by atoms with van der Waals surface area (Å²) in [4.78, 5) is 0. The molecule has 1 nitrogen and oxygen atoms in total. The molecule has 1 fully saturated rings. The summed E-state index contributed by atoms with van der Waals surface area (Å²) in [5.41, 5.74) is 2.90. The lowest BCUT2D eigenvalue weighted by Gasteiger charge is -2.17. The maximum atomic E-state index is 5.88. The highest BCUT2D eigenvalue weighted by atomic mass is 16.5. The van der Waals surface area contributed by atoms with E-state index in [2.05, 4.69) is 26.8 Å². The first kappa shape index (κ1) is 11.4. The fourth-order valence-corrected chi connectivity index (χ4v) is 2.02. The highest BCUT2D eigenvalue weighted by molar-refractivity contribution is 5.38. The SMILES string of the molecule is CC.CC1=C2OC(C)(C)CC2=CCC1. The Hall–Kier alpha value is -0.720. The summed E-state index contributed by atoms with van der Waals surface area (Å²) in [6, 6.07) is 0. The van der Waals surface area contributed by atoms with Gasteiger partial charge in [-0.15, -0.1) is 0 Å². The van der Waals surface area contributed by atoms with Crippen molar-refractivity contribution in [3.05, 3.63) is 23.0 Å². The van der Waals surface area contributed by atoms with Crippen molar-refractivity contribution in [1.29, 1.82) is 0 Å². The van der Waals surface area contributed by atoms with E-state index in [0.717, 1.165) is 6.42 Å². The molecule has 2 aliphatic rings. The minimum Gasteiger partial charge on any atom is -0.487 e. The Morgan fingerprint density at radius 3 is 2.50 bits per heavy atom. The Bertz CT molecular complexity index is 269. The van der Waals surface area contributed by atoms with E-state index < -0.39 is 0 Å². The molecule has 0 atom stereocenters. The molecule has 1 heteroatoms. The van der Waals surface area contributed by atoms with Gasteiger partial charge in [0.1, 0.15) is 11.4 Å². The van der Waals surface area contributed by atoms with Crippen molar-refractivity contribution < 1.29 is 4.74 Å². The van der Waals surface area contributed by atoms with Crippen LogP contribution >= 0.6 is 0 Å². The Balaban J connectivity index is 0.000000461. The Kier molecular flexibility index (Phi) is 3.41. The van der Waals surface area contributed by atoms with Crippen LogP contribution in [0.2, 0.25) is 0 Å². The molecule has 0 spiro atoms. The standard InChI is InChI=1S/C11H16O.C2H6/c1-8-5-4-6-9-7-11(2,3)12-10(8)9;1-2/h6H,4-5,7H2,1-3H3;1-2H3. The van der Waals surface area contributed by atoms with Gasteiger partial charge in [-0.2, -0.15) is 0 Å². The first-order chi connectivity index (χ1) is 6.58. The Morgan fingerprint density at radius 2 is 1.93 bits per heavy atom. The second-order valence-corrected chi connectivity index (χ2v) is 4.42. The molecule has 0 aromatic heterocycles. The average Bonchev–Trinajstić information content (AvgIpc) is 2.45. The molecule has 1 aliphatic heterocycles. The van der Waals surface area contributed by atoms with Gasteiger partial charge in [-0.25, -0.2) is 0 Å². The van der Waals surface area contributed by atoms with E-state index in [1.54, 1.807) is 0 Å². The summed E-state index contributed by atoms with van der Waals surface area (Å²) in [5.74, 6) is 1.19. The van der Waals surface area contributed by atoms with Crippen LogP contribution in [0, 0.1) is 0 Å². The van der Waals surface area contributed by atoms with Gasteiger partial charge in [0.25, 0.3) is 0 Å². The lowest BCUT2D eigenvalue weighted by molar-refractivity contribution is 0.0746. The molecule has 0 aromatic rings. The molecule has 0 unspecified atom stereocenters. The summed E-state index contributed by atoms with van der Waals surface area (Å²) in [5, 5.41) is 0. The van der Waals surface area contributed by atoms with Crippen LogP contribution in [0.1, 0.15) is 53.9 Å². The lowest BCUT2D eigenvalue weighted by Crippen LogP contribution is -2.15. The smallest absolute Gasteiger partial charge is 0.122 e. The van der Waals surface area contributed by atoms with Gasteiger partial charge in [-0.3, -0.25) is 0 Å². The largest absolute Gasteiger partial charge is 0.487 e. The number of ether oxygens (including phenoxy) is 1. The number of allylic oxidation sites excluding steroid dienone is 3. The van der Waals surface area contributed by atoms with Crippen molar-refractivity contribution in [3.63, 3.8) is 0 Å². The molecule has 0 N–H and O–H groups in total. The van der Waals surface area contributed by atoms with Crippen LogP contribution in [0.15, 0.2) is 23.0 Å². The van der Waals surface area contributed by atoms with Crippen molar-refractivity contribution >= 4 is 0 Å². The van der Waals surface area contributed by atoms with Crippen LogP contribution in [0.4, 0.5) is 0 Å². The molecule has 1 aliphatic carbocycles. The molecule has 0 aromatic carbocycles. The van der Waals surface area contributed by atoms with E-state index in [0.29, 0.717) is 0 Å². The first-order valence-corrected chi connectivity index (χ1v) is 5.67. The van der Waals surface area contributed by atoms with Gasteiger partial charge in [0.05, 0.1) is 0 Å². The summed E-state index contributed by atoms with van der Waals surface area (Å²) in [6.45, 7) is 10.5. The first-order valence-electron chi connectivity index (χ1n) is 5.67. The molecule has 1 saturated heterocycles. The predicted octanol–water partition coefficient (Wildman–Crippen LogP) is 4.21. The molecule has 0 bridgehead atoms. The Labute approximate surface area is 87.8 Å². The third-order valence-electron chi connectivity index (χ3n) is 2.58. The van der Waals surface area contributed by atoms with Gasteiger partial charge in [0.15, 0.2) is 0 Å². The maximum absolute atomic E-state index is 5.88. The van der Waals surface area contributed by atoms with Gasteiger partial charge < -0.3 is 4.74 Å². The van der Waals surface area contributed by atoms with Crippen LogP contribution in [0.5, 0.6) is 0 Å². The summed E-state index contributed by atoms with van der Waals surface area (Å²) in [6.07, 6.45) is 5.79. The average molecular weight is 194 g/mol. The van der Waals surface area contributed by atoms with Crippen molar-refractivity contribution in [3.8, 4) is 0 Å². The summed E-state index contributed by atoms with van der Waals surface area (Å²) >= 11 is 0. The normalized spacial score (nSPS) is 23.1. The lowest BCUT2D eigenvalue weighted by atomic mass is 9.94. The summed E-state index contributed by atoms with van der Waals surface area (Å²) < 4.78 is 5.88. The van der Waals surface area contributed by atoms with Gasteiger partial charge in [-0.05, 0) is 44.8 Å². The number of hydrogen-bond acceptors (Lipinski definition) is 1. The van der Waals surface area contributed by atoms with Crippen molar-refractivity contribution in [2.24, 2.45) is 0 Å². The Morgan fingerprint density at radius 1 is 1.29 bits per heavy atom. The zero-order valence-corrected chi connectivity index (χ0v) is 10.1. The van der Waals surface area contributed by atoms with Crippen molar-refractivity contribution in [2.75, 3.05) is 0 Å². The number of fused-ring (bicyclic) bond motifs is 1. The molecule has 80 valence electrons. The minimum absolute atomic E-state index is 0.0345. The third kappa shape index (κ3) is 2.20. The molecular formula is C13H22O. The molecule has 14 heavy (non-hydrogen) atoms. The molecule has 1 heterocycles. The van der Waals surface area contributed by atoms with E-state index in [1.807, 2.05) is 13.8 Å². The minimum atomic E-state index is 0.0345. The quantitative estimate of drug-likeness (QED) is 0.561. The van der Waals surface area contributed by atoms with Crippen LogP contribution in [0.25, 0.3) is 0 Å². The monoisotopic (exact) mass is 194 g/mol. The van der Waals surface area contributed by atoms with E-state index in [4.69, 9.17) is 4.74 Å². The van der Waals surface area contributed by atoms with E-state index >= 15 is 0 Å². The maximum Gasteiger partial charge on any atom is 0.122 e. The highest BCUT2D eigenvalue weighted by Gasteiger charge is 2.34. The third-order valence-corrected chi connectivity index (χ3v) is 2.58. The van der Waals surface area contributed by atoms with Gasteiger partial charge in [0.2, 0.25) is 0 Å². The van der Waals surface area contributed by atoms with Gasteiger partial charge in [0, 0.05) is 6.42 Å². The molecular weight excluding hydrogens is 172 g/mol. The number of hydrogen-bond donors (Lipinski definition) is 0. The fraction of sp³-hybridized carbons (Fsp3) is 0.692. The predicted molar refractivity (Wildman–Crippen MR) is 61.1 cm³/mol. The van der Waals surface area contributed by atoms with Gasteiger partial charge in [-0.1, -0.05) is 19.9 Å². The van der Waals surface area contributed by atoms with Crippen LogP contribution in [-0.4, -0.2) is 5.60 Å². The topological polar surface area (TPSA) is 9.23 Å². The second kappa shape index (κ2) is 4.20. The molecule has 2 rings (SSSR count). The molecule has 0 saturated carbocycles. The van der Waals surface area contributed by atoms with Crippen molar-refractivity contribution in [2.45, 2.75) is 59.5 Å². The van der Waals surface area contributed by atoms with Crippen LogP contribution in [0.3, 0.4) is 0 Å². The zero-order valence-electron chi connectivity index (χ0n) is 10.1. The summed E-state index contributed by atoms with van der Waals surface area (Å²) in [7, 11) is 0. The van der Waals surface area contributed by atoms with E-state index in [1.165, 1.54) is 29.7 Å². The second-order valence-electron chi connectivity index (χ2n) is 4.42. The number of rotatable bonds is 0. The fourth-order valence-electron chi connectivity index (χ4n) is 2.02. The van der Waals surface area contributed by atoms with E-state index in [-0.39, 0.29) is 5.60 Å². The molecule has 0 amide bonds. The van der Waals surface area contributed by atoms with Crippen molar-refractivity contribution in [1.82, 2.24) is 0 Å². The van der Waals surface area contributed by atoms with Crippen LogP contribution in [-0.2, 0) is 4.74 Å². The van der Waals surface area contributed by atoms with Gasteiger partial charge >= 0.3 is 0 Å². The highest BCUT2D eigenvalue weighted by Crippen LogP contribution is 2.41. The van der Waals surface area contributed by atoms with Crippen LogP contribution < -0.4 is 0 Å². The van der Waals surface area contributed by atoms with E-state index in [9.17, 15) is 0 Å².